The van der Waals surface area contributed by atoms with Crippen molar-refractivity contribution in [3.63, 3.8) is 0 Å². The minimum absolute atomic E-state index is 0.0293. The molecule has 0 spiro atoms. The lowest BCUT2D eigenvalue weighted by Gasteiger charge is -2.30. The van der Waals surface area contributed by atoms with E-state index in [0.717, 1.165) is 11.1 Å². The number of aliphatic hydroxyl groups is 2. The molecular weight excluding hydrogens is 594 g/mol. The topological polar surface area (TPSA) is 135 Å². The Morgan fingerprint density at radius 1 is 1.04 bits per heavy atom. The van der Waals surface area contributed by atoms with E-state index >= 15 is 0 Å². The Hall–Kier alpha value is -3.76. The van der Waals surface area contributed by atoms with Gasteiger partial charge in [-0.25, -0.2) is 0 Å². The third kappa shape index (κ3) is 9.16. The predicted octanol–water partition coefficient (Wildman–Crippen LogP) is 3.43. The number of rotatable bonds is 11. The van der Waals surface area contributed by atoms with Crippen molar-refractivity contribution >= 4 is 11.7 Å². The maximum Gasteiger partial charge on any atom is 0.306 e. The molecule has 2 N–H and O–H groups in total. The monoisotopic (exact) mass is 635 g/mol. The molecule has 0 aliphatic carbocycles. The van der Waals surface area contributed by atoms with Gasteiger partial charge in [-0.05, 0) is 70.5 Å². The van der Waals surface area contributed by atoms with Crippen LogP contribution in [0.25, 0.3) is 0 Å². The van der Waals surface area contributed by atoms with E-state index in [1.165, 1.54) is 0 Å². The summed E-state index contributed by atoms with van der Waals surface area (Å²) in [4.78, 5) is 17.9. The Balaban J connectivity index is 1.08. The van der Waals surface area contributed by atoms with Crippen LogP contribution in [-0.2, 0) is 33.3 Å². The molecule has 5 rings (SSSR count). The maximum atomic E-state index is 12.6. The predicted molar refractivity (Wildman–Crippen MR) is 167 cm³/mol. The highest BCUT2D eigenvalue weighted by Gasteiger charge is 2.56. The molecule has 0 amide bonds. The number of aryl methyl sites for hydroxylation is 1. The minimum Gasteiger partial charge on any atom is -0.483 e. The molecular formula is C35H41NO10. The fourth-order valence-electron chi connectivity index (χ4n) is 5.16. The molecule has 2 fully saturated rings. The number of benzene rings is 2. The number of hydrogen-bond donors (Lipinski definition) is 2. The molecule has 0 bridgehead atoms. The number of carbonyl (C=O) groups is 1. The van der Waals surface area contributed by atoms with E-state index in [4.69, 9.17) is 33.3 Å². The number of carbonyl (C=O) groups excluding carboxylic acids is 1. The Kier molecular flexibility index (Phi) is 11.1. The average molecular weight is 636 g/mol. The van der Waals surface area contributed by atoms with Gasteiger partial charge in [0.05, 0.1) is 12.1 Å². The van der Waals surface area contributed by atoms with Gasteiger partial charge in [-0.15, -0.1) is 0 Å². The normalized spacial score (nSPS) is 28.9. The van der Waals surface area contributed by atoms with Crippen LogP contribution in [0, 0.1) is 18.8 Å². The van der Waals surface area contributed by atoms with Crippen LogP contribution < -0.4 is 4.74 Å². The quantitative estimate of drug-likeness (QED) is 0.124. The molecule has 11 heteroatoms. The number of ether oxygens (including phenoxy) is 6. The van der Waals surface area contributed by atoms with Crippen molar-refractivity contribution in [1.29, 1.82) is 0 Å². The van der Waals surface area contributed by atoms with Crippen molar-refractivity contribution in [3.8, 4) is 17.6 Å². The van der Waals surface area contributed by atoms with Gasteiger partial charge < -0.3 is 43.5 Å². The number of esters is 1. The van der Waals surface area contributed by atoms with E-state index in [1.807, 2.05) is 73.7 Å². The van der Waals surface area contributed by atoms with Crippen LogP contribution in [0.3, 0.4) is 0 Å². The molecule has 2 saturated heterocycles. The van der Waals surface area contributed by atoms with Crippen LogP contribution in [0.2, 0.25) is 0 Å². The summed E-state index contributed by atoms with van der Waals surface area (Å²) < 4.78 is 34.8. The van der Waals surface area contributed by atoms with E-state index < -0.39 is 60.8 Å². The second-order valence-electron chi connectivity index (χ2n) is 11.9. The first-order valence-corrected chi connectivity index (χ1v) is 15.4. The number of fused-ring (bicyclic) bond motifs is 1. The van der Waals surface area contributed by atoms with Crippen LogP contribution in [0.15, 0.2) is 71.9 Å². The average Bonchev–Trinajstić information content (AvgIpc) is 3.51. The van der Waals surface area contributed by atoms with Crippen molar-refractivity contribution < 1.29 is 48.3 Å². The second kappa shape index (κ2) is 15.2. The summed E-state index contributed by atoms with van der Waals surface area (Å²) in [5, 5.41) is 24.9. The number of nitrogens with zero attached hydrogens (tertiary/aromatic N) is 1. The molecule has 3 aliphatic rings. The van der Waals surface area contributed by atoms with Gasteiger partial charge >= 0.3 is 5.97 Å². The zero-order chi connectivity index (χ0) is 32.7. The van der Waals surface area contributed by atoms with Gasteiger partial charge in [0.15, 0.2) is 12.1 Å². The fourth-order valence-corrected chi connectivity index (χ4v) is 5.16. The van der Waals surface area contributed by atoms with Crippen LogP contribution >= 0.6 is 0 Å². The summed E-state index contributed by atoms with van der Waals surface area (Å²) in [5.74, 6) is 5.59. The van der Waals surface area contributed by atoms with Crippen LogP contribution in [0.4, 0.5) is 0 Å². The first kappa shape index (κ1) is 33.6. The largest absolute Gasteiger partial charge is 0.483 e. The molecule has 8 atom stereocenters. The molecule has 0 saturated carbocycles. The van der Waals surface area contributed by atoms with Gasteiger partial charge in [0.2, 0.25) is 0 Å². The number of hydrogen-bond acceptors (Lipinski definition) is 11. The number of oxime groups is 1. The van der Waals surface area contributed by atoms with Crippen molar-refractivity contribution in [2.24, 2.45) is 5.16 Å². The lowest BCUT2D eigenvalue weighted by atomic mass is 10.1. The minimum atomic E-state index is -1.17. The Bertz CT molecular complexity index is 1430. The SMILES string of the molecule is C/C(CCC(=O)OC[C@H]1O[C@H](C#Cc2ccccc2)C=C[C@@H]1Oc1ccc(C)cc1)=N\OC[C@@H](O)[C@H]1O[C@@H]2OC(C)(C)O[C@@H]2[C@H]1O. The van der Waals surface area contributed by atoms with E-state index in [0.29, 0.717) is 11.5 Å². The van der Waals surface area contributed by atoms with E-state index in [2.05, 4.69) is 17.0 Å². The highest BCUT2D eigenvalue weighted by atomic mass is 16.8. The van der Waals surface area contributed by atoms with Crippen molar-refractivity contribution in [1.82, 2.24) is 0 Å². The van der Waals surface area contributed by atoms with E-state index in [-0.39, 0.29) is 26.1 Å². The van der Waals surface area contributed by atoms with Gasteiger partial charge in [0, 0.05) is 5.56 Å². The maximum absolute atomic E-state index is 12.6. The first-order chi connectivity index (χ1) is 22.1. The van der Waals surface area contributed by atoms with Gasteiger partial charge in [-0.1, -0.05) is 52.9 Å². The Morgan fingerprint density at radius 3 is 2.54 bits per heavy atom. The molecule has 46 heavy (non-hydrogen) atoms. The lowest BCUT2D eigenvalue weighted by molar-refractivity contribution is -0.228. The highest BCUT2D eigenvalue weighted by Crippen LogP contribution is 2.38. The zero-order valence-electron chi connectivity index (χ0n) is 26.4. The summed E-state index contributed by atoms with van der Waals surface area (Å²) in [7, 11) is 0. The van der Waals surface area contributed by atoms with Crippen molar-refractivity contribution in [2.75, 3.05) is 13.2 Å². The Labute approximate surface area is 269 Å². The van der Waals surface area contributed by atoms with Crippen molar-refractivity contribution in [3.05, 3.63) is 77.9 Å². The number of aliphatic hydroxyl groups excluding tert-OH is 2. The summed E-state index contributed by atoms with van der Waals surface area (Å²) in [6.45, 7) is 6.89. The van der Waals surface area contributed by atoms with E-state index in [1.54, 1.807) is 20.8 Å². The highest BCUT2D eigenvalue weighted by molar-refractivity contribution is 5.85. The molecule has 2 aromatic rings. The molecule has 0 radical (unpaired) electrons. The molecule has 2 aromatic carbocycles. The van der Waals surface area contributed by atoms with Crippen LogP contribution in [0.1, 0.15) is 44.7 Å². The van der Waals surface area contributed by atoms with E-state index in [9.17, 15) is 15.0 Å². The molecule has 3 heterocycles. The second-order valence-corrected chi connectivity index (χ2v) is 11.9. The van der Waals surface area contributed by atoms with Crippen molar-refractivity contribution in [2.45, 2.75) is 95.3 Å². The summed E-state index contributed by atoms with van der Waals surface area (Å²) in [6, 6.07) is 17.3. The smallest absolute Gasteiger partial charge is 0.306 e. The molecule has 0 unspecified atom stereocenters. The summed E-state index contributed by atoms with van der Waals surface area (Å²) in [6.07, 6.45) is -2.16. The van der Waals surface area contributed by atoms with Gasteiger partial charge in [0.25, 0.3) is 0 Å². The van der Waals surface area contributed by atoms with Gasteiger partial charge in [0.1, 0.15) is 61.7 Å². The summed E-state index contributed by atoms with van der Waals surface area (Å²) in [5.41, 5.74) is 2.51. The third-order valence-corrected chi connectivity index (χ3v) is 7.59. The Morgan fingerprint density at radius 2 is 1.80 bits per heavy atom. The third-order valence-electron chi connectivity index (χ3n) is 7.59. The summed E-state index contributed by atoms with van der Waals surface area (Å²) >= 11 is 0. The molecule has 3 aliphatic heterocycles. The molecule has 0 aromatic heterocycles. The van der Waals surface area contributed by atoms with Crippen LogP contribution in [-0.4, -0.2) is 89.9 Å². The zero-order valence-corrected chi connectivity index (χ0v) is 26.4. The molecule has 11 nitrogen and oxygen atoms in total. The van der Waals surface area contributed by atoms with Gasteiger partial charge in [-0.2, -0.15) is 0 Å². The molecule has 246 valence electrons. The van der Waals surface area contributed by atoms with Crippen LogP contribution in [0.5, 0.6) is 5.75 Å². The first-order valence-electron chi connectivity index (χ1n) is 15.4. The standard InChI is InChI=1S/C35H41NO10/c1-22-10-14-25(15-11-22)42-28-18-17-26(16-13-24-8-6-5-7-9-24)43-29(28)21-40-30(38)19-12-23(2)36-41-20-27(37)32-31(39)33-34(44-32)46-35(3,4)45-33/h5-11,14-15,17-18,26-29,31-34,37,39H,12,19-21H2,1-4H3/b36-23+/t26-,27-,28+,29-,31+,32-,33-,34-/m1/s1. The lowest BCUT2D eigenvalue weighted by Crippen LogP contribution is -2.42. The fraction of sp³-hybridized carbons (Fsp3) is 0.486. The van der Waals surface area contributed by atoms with Gasteiger partial charge in [-0.3, -0.25) is 4.79 Å².